The lowest BCUT2D eigenvalue weighted by molar-refractivity contribution is -0.114. The molecular formula is C23H22N4O4S. The van der Waals surface area contributed by atoms with E-state index >= 15 is 0 Å². The standard InChI is InChI=1S/C23H22N4O4S/c1-14(28)24-16-9-11-19-21(13-16)25-20-12-15(8-10-18(20)23(29)26-19)17-6-4-5-7-22(17)27(2)32(3,30)31/h4-13,25H,1-3H3,(H,24,28)(H,26,29). The van der Waals surface area contributed by atoms with Crippen LogP contribution in [0.4, 0.5) is 28.4 Å². The maximum atomic E-state index is 12.8. The van der Waals surface area contributed by atoms with E-state index in [2.05, 4.69) is 16.0 Å². The van der Waals surface area contributed by atoms with Crippen molar-refractivity contribution in [3.63, 3.8) is 0 Å². The highest BCUT2D eigenvalue weighted by Crippen LogP contribution is 2.38. The number of para-hydroxylation sites is 1. The summed E-state index contributed by atoms with van der Waals surface area (Å²) in [6.07, 6.45) is 1.15. The van der Waals surface area contributed by atoms with Crippen LogP contribution in [0.25, 0.3) is 11.1 Å². The molecule has 0 aromatic heterocycles. The van der Waals surface area contributed by atoms with Crippen molar-refractivity contribution in [2.24, 2.45) is 0 Å². The van der Waals surface area contributed by atoms with E-state index in [9.17, 15) is 18.0 Å². The Labute approximate surface area is 186 Å². The zero-order chi connectivity index (χ0) is 23.0. The molecule has 9 heteroatoms. The van der Waals surface area contributed by atoms with Crippen molar-refractivity contribution >= 4 is 50.3 Å². The molecule has 3 aromatic carbocycles. The Bertz CT molecular complexity index is 1350. The van der Waals surface area contributed by atoms with Crippen molar-refractivity contribution in [3.05, 3.63) is 66.2 Å². The molecule has 0 radical (unpaired) electrons. The number of anilines is 5. The molecule has 0 unspecified atom stereocenters. The lowest BCUT2D eigenvalue weighted by Gasteiger charge is -2.21. The van der Waals surface area contributed by atoms with E-state index in [1.54, 1.807) is 42.5 Å². The first-order valence-corrected chi connectivity index (χ1v) is 11.7. The molecule has 0 spiro atoms. The molecule has 3 N–H and O–H groups in total. The van der Waals surface area contributed by atoms with E-state index in [0.29, 0.717) is 39.6 Å². The molecule has 32 heavy (non-hydrogen) atoms. The van der Waals surface area contributed by atoms with E-state index in [1.165, 1.54) is 18.3 Å². The number of nitrogens with zero attached hydrogens (tertiary/aromatic N) is 1. The molecule has 2 amide bonds. The highest BCUT2D eigenvalue weighted by atomic mass is 32.2. The monoisotopic (exact) mass is 450 g/mol. The third-order valence-electron chi connectivity index (χ3n) is 5.17. The molecule has 0 fully saturated rings. The first kappa shape index (κ1) is 21.4. The van der Waals surface area contributed by atoms with E-state index < -0.39 is 10.0 Å². The van der Waals surface area contributed by atoms with Crippen molar-refractivity contribution in [2.45, 2.75) is 6.92 Å². The van der Waals surface area contributed by atoms with Gasteiger partial charge in [-0.25, -0.2) is 8.42 Å². The Morgan fingerprint density at radius 2 is 1.66 bits per heavy atom. The van der Waals surface area contributed by atoms with E-state index in [1.807, 2.05) is 18.2 Å². The van der Waals surface area contributed by atoms with Gasteiger partial charge in [-0.3, -0.25) is 13.9 Å². The zero-order valence-corrected chi connectivity index (χ0v) is 18.6. The molecule has 0 saturated heterocycles. The molecule has 0 atom stereocenters. The van der Waals surface area contributed by atoms with Gasteiger partial charge in [-0.2, -0.15) is 0 Å². The van der Waals surface area contributed by atoms with Crippen molar-refractivity contribution in [2.75, 3.05) is 33.6 Å². The van der Waals surface area contributed by atoms with Gasteiger partial charge >= 0.3 is 0 Å². The number of amides is 2. The van der Waals surface area contributed by atoms with Crippen molar-refractivity contribution in [1.29, 1.82) is 0 Å². The Kier molecular flexibility index (Phi) is 5.35. The van der Waals surface area contributed by atoms with Gasteiger partial charge in [0.1, 0.15) is 0 Å². The van der Waals surface area contributed by atoms with Gasteiger partial charge in [-0.05, 0) is 42.0 Å². The van der Waals surface area contributed by atoms with Crippen LogP contribution in [0.1, 0.15) is 17.3 Å². The summed E-state index contributed by atoms with van der Waals surface area (Å²) in [5.41, 5.74) is 4.80. The maximum Gasteiger partial charge on any atom is 0.257 e. The zero-order valence-electron chi connectivity index (χ0n) is 17.8. The number of carbonyl (C=O) groups is 2. The Balaban J connectivity index is 1.80. The molecule has 1 aliphatic rings. The van der Waals surface area contributed by atoms with Crippen LogP contribution in [0.15, 0.2) is 60.7 Å². The van der Waals surface area contributed by atoms with Crippen molar-refractivity contribution < 1.29 is 18.0 Å². The summed E-state index contributed by atoms with van der Waals surface area (Å²) in [6.45, 7) is 1.42. The van der Waals surface area contributed by atoms with Crippen molar-refractivity contribution in [1.82, 2.24) is 0 Å². The lowest BCUT2D eigenvalue weighted by atomic mass is 10.0. The second-order valence-corrected chi connectivity index (χ2v) is 9.54. The third kappa shape index (κ3) is 4.15. The summed E-state index contributed by atoms with van der Waals surface area (Å²) < 4.78 is 25.5. The van der Waals surface area contributed by atoms with Crippen LogP contribution in [0.2, 0.25) is 0 Å². The van der Waals surface area contributed by atoms with E-state index in [4.69, 9.17) is 0 Å². The summed E-state index contributed by atoms with van der Waals surface area (Å²) >= 11 is 0. The quantitative estimate of drug-likeness (QED) is 0.557. The number of fused-ring (bicyclic) bond motifs is 2. The second-order valence-electron chi connectivity index (χ2n) is 7.53. The van der Waals surface area contributed by atoms with Crippen LogP contribution in [-0.4, -0.2) is 33.5 Å². The van der Waals surface area contributed by atoms with Crippen LogP contribution in [0, 0.1) is 0 Å². The summed E-state index contributed by atoms with van der Waals surface area (Å²) in [7, 11) is -1.95. The van der Waals surface area contributed by atoms with Crippen molar-refractivity contribution in [3.8, 4) is 11.1 Å². The van der Waals surface area contributed by atoms with Crippen LogP contribution in [-0.2, 0) is 14.8 Å². The number of nitrogens with one attached hydrogen (secondary N) is 3. The molecular weight excluding hydrogens is 428 g/mol. The van der Waals surface area contributed by atoms with Crippen LogP contribution < -0.4 is 20.3 Å². The van der Waals surface area contributed by atoms with Crippen LogP contribution in [0.5, 0.6) is 0 Å². The number of carbonyl (C=O) groups excluding carboxylic acids is 2. The molecule has 0 aliphatic carbocycles. The molecule has 4 rings (SSSR count). The first-order chi connectivity index (χ1) is 15.1. The fourth-order valence-electron chi connectivity index (χ4n) is 3.56. The van der Waals surface area contributed by atoms with Gasteiger partial charge in [0, 0.05) is 25.2 Å². The highest BCUT2D eigenvalue weighted by molar-refractivity contribution is 7.92. The predicted molar refractivity (Wildman–Crippen MR) is 127 cm³/mol. The topological polar surface area (TPSA) is 108 Å². The summed E-state index contributed by atoms with van der Waals surface area (Å²) in [4.78, 5) is 24.2. The summed E-state index contributed by atoms with van der Waals surface area (Å²) in [5, 5.41) is 8.86. The Morgan fingerprint density at radius 3 is 2.38 bits per heavy atom. The lowest BCUT2D eigenvalue weighted by Crippen LogP contribution is -2.25. The van der Waals surface area contributed by atoms with Crippen LogP contribution in [0.3, 0.4) is 0 Å². The smallest absolute Gasteiger partial charge is 0.257 e. The van der Waals surface area contributed by atoms with Gasteiger partial charge in [0.05, 0.1) is 34.6 Å². The number of rotatable bonds is 4. The first-order valence-electron chi connectivity index (χ1n) is 9.81. The summed E-state index contributed by atoms with van der Waals surface area (Å²) in [5.74, 6) is -0.469. The number of hydrogen-bond donors (Lipinski definition) is 3. The van der Waals surface area contributed by atoms with E-state index in [-0.39, 0.29) is 11.8 Å². The number of hydrogen-bond acceptors (Lipinski definition) is 5. The normalized spacial score (nSPS) is 12.5. The minimum atomic E-state index is -3.45. The van der Waals surface area contributed by atoms with Gasteiger partial charge in [-0.1, -0.05) is 24.3 Å². The average Bonchev–Trinajstić information content (AvgIpc) is 2.87. The van der Waals surface area contributed by atoms with Gasteiger partial charge in [0.2, 0.25) is 15.9 Å². The third-order valence-corrected chi connectivity index (χ3v) is 6.37. The molecule has 8 nitrogen and oxygen atoms in total. The Hall–Kier alpha value is -3.85. The SMILES string of the molecule is CC(=O)Nc1ccc2c(c1)Nc1cc(-c3ccccc3N(C)S(C)(=O)=O)ccc1C(=O)N2. The largest absolute Gasteiger partial charge is 0.353 e. The Morgan fingerprint density at radius 1 is 0.906 bits per heavy atom. The van der Waals surface area contributed by atoms with Gasteiger partial charge in [0.15, 0.2) is 0 Å². The molecule has 164 valence electrons. The minimum Gasteiger partial charge on any atom is -0.353 e. The van der Waals surface area contributed by atoms with Gasteiger partial charge in [0.25, 0.3) is 5.91 Å². The van der Waals surface area contributed by atoms with Crippen LogP contribution >= 0.6 is 0 Å². The molecule has 1 heterocycles. The van der Waals surface area contributed by atoms with Gasteiger partial charge in [-0.15, -0.1) is 0 Å². The number of sulfonamides is 1. The highest BCUT2D eigenvalue weighted by Gasteiger charge is 2.22. The fourth-order valence-corrected chi connectivity index (χ4v) is 4.07. The predicted octanol–water partition coefficient (Wildman–Crippen LogP) is 4.02. The average molecular weight is 451 g/mol. The molecule has 0 bridgehead atoms. The maximum absolute atomic E-state index is 12.8. The number of benzene rings is 3. The van der Waals surface area contributed by atoms with E-state index in [0.717, 1.165) is 11.8 Å². The molecule has 1 aliphatic heterocycles. The van der Waals surface area contributed by atoms with Gasteiger partial charge < -0.3 is 16.0 Å². The fraction of sp³-hybridized carbons (Fsp3) is 0.130. The molecule has 0 saturated carbocycles. The second kappa shape index (κ2) is 8.01. The minimum absolute atomic E-state index is 0.197. The molecule has 3 aromatic rings. The summed E-state index contributed by atoms with van der Waals surface area (Å²) in [6, 6.07) is 17.6.